The van der Waals surface area contributed by atoms with Crippen molar-refractivity contribution in [2.75, 3.05) is 11.9 Å². The summed E-state index contributed by atoms with van der Waals surface area (Å²) in [7, 11) is 0. The number of rotatable bonds is 4. The maximum absolute atomic E-state index is 5.94. The Bertz CT molecular complexity index is 369. The highest BCUT2D eigenvalue weighted by Gasteiger charge is 2.30. The average molecular weight is 262 g/mol. The molecule has 0 amide bonds. The summed E-state index contributed by atoms with van der Waals surface area (Å²) in [5, 5.41) is 3.92. The molecule has 1 heterocycles. The third-order valence-electron chi connectivity index (χ3n) is 2.55. The minimum absolute atomic E-state index is 0.201. The van der Waals surface area contributed by atoms with Crippen LogP contribution in [0.2, 0.25) is 10.3 Å². The van der Waals surface area contributed by atoms with Crippen molar-refractivity contribution in [3.05, 3.63) is 16.5 Å². The molecule has 1 fully saturated rings. The molecule has 1 N–H and O–H groups in total. The van der Waals surface area contributed by atoms with E-state index < -0.39 is 0 Å². The quantitative estimate of drug-likeness (QED) is 0.847. The van der Waals surface area contributed by atoms with Crippen LogP contribution in [0.4, 0.5) is 5.82 Å². The number of nitrogens with zero attached hydrogens (tertiary/aromatic N) is 2. The topological polar surface area (TPSA) is 47.0 Å². The van der Waals surface area contributed by atoms with E-state index in [9.17, 15) is 0 Å². The molecule has 1 aromatic heterocycles. The minimum atomic E-state index is 0.201. The summed E-state index contributed by atoms with van der Waals surface area (Å²) in [6.07, 6.45) is 3.81. The van der Waals surface area contributed by atoms with Crippen LogP contribution in [0.15, 0.2) is 6.20 Å². The Kier molecular flexibility index (Phi) is 3.84. The van der Waals surface area contributed by atoms with Gasteiger partial charge < -0.3 is 10.1 Å². The predicted molar refractivity (Wildman–Crippen MR) is 64.1 cm³/mol. The van der Waals surface area contributed by atoms with Gasteiger partial charge in [0.1, 0.15) is 10.8 Å². The molecule has 0 saturated heterocycles. The summed E-state index contributed by atoms with van der Waals surface area (Å²) in [4.78, 5) is 7.83. The van der Waals surface area contributed by atoms with Gasteiger partial charge in [-0.25, -0.2) is 4.98 Å². The van der Waals surface area contributed by atoms with Crippen LogP contribution in [-0.4, -0.2) is 28.7 Å². The van der Waals surface area contributed by atoms with E-state index in [0.29, 0.717) is 23.0 Å². The van der Waals surface area contributed by atoms with E-state index in [2.05, 4.69) is 15.3 Å². The van der Waals surface area contributed by atoms with Gasteiger partial charge >= 0.3 is 0 Å². The molecule has 1 aliphatic rings. The van der Waals surface area contributed by atoms with Gasteiger partial charge in [0.15, 0.2) is 0 Å². The van der Waals surface area contributed by atoms with Crippen molar-refractivity contribution in [2.24, 2.45) is 0 Å². The van der Waals surface area contributed by atoms with Crippen LogP contribution in [0.1, 0.15) is 19.8 Å². The number of nitrogens with one attached hydrogen (secondary N) is 1. The highest BCUT2D eigenvalue weighted by molar-refractivity contribution is 6.33. The second-order valence-electron chi connectivity index (χ2n) is 3.73. The molecule has 1 aliphatic carbocycles. The van der Waals surface area contributed by atoms with E-state index in [1.54, 1.807) is 0 Å². The molecule has 0 spiro atoms. The summed E-state index contributed by atoms with van der Waals surface area (Å²) in [5.74, 6) is 0.599. The van der Waals surface area contributed by atoms with Crippen LogP contribution in [0.5, 0.6) is 0 Å². The lowest BCUT2D eigenvalue weighted by Gasteiger charge is -2.35. The number of ether oxygens (including phenoxy) is 1. The Morgan fingerprint density at radius 3 is 2.94 bits per heavy atom. The van der Waals surface area contributed by atoms with Gasteiger partial charge in [0.05, 0.1) is 12.3 Å². The fourth-order valence-electron chi connectivity index (χ4n) is 1.70. The Balaban J connectivity index is 1.89. The minimum Gasteiger partial charge on any atom is -0.378 e. The van der Waals surface area contributed by atoms with Gasteiger partial charge in [0, 0.05) is 12.6 Å². The van der Waals surface area contributed by atoms with Gasteiger partial charge in [0.2, 0.25) is 5.28 Å². The number of hydrogen-bond acceptors (Lipinski definition) is 4. The molecule has 0 radical (unpaired) electrons. The molecule has 88 valence electrons. The second-order valence-corrected chi connectivity index (χ2v) is 4.47. The molecule has 16 heavy (non-hydrogen) atoms. The Hall–Kier alpha value is -0.580. The summed E-state index contributed by atoms with van der Waals surface area (Å²) >= 11 is 11.6. The van der Waals surface area contributed by atoms with Gasteiger partial charge in [-0.1, -0.05) is 11.6 Å². The molecular weight excluding hydrogens is 249 g/mol. The fourth-order valence-corrected chi connectivity index (χ4v) is 1.97. The van der Waals surface area contributed by atoms with Gasteiger partial charge in [-0.15, -0.1) is 0 Å². The highest BCUT2D eigenvalue weighted by atomic mass is 35.5. The van der Waals surface area contributed by atoms with E-state index in [4.69, 9.17) is 27.9 Å². The van der Waals surface area contributed by atoms with E-state index >= 15 is 0 Å². The van der Waals surface area contributed by atoms with Crippen molar-refractivity contribution < 1.29 is 4.74 Å². The number of halogens is 2. The zero-order chi connectivity index (χ0) is 11.5. The summed E-state index contributed by atoms with van der Waals surface area (Å²) < 4.78 is 5.47. The van der Waals surface area contributed by atoms with Crippen LogP contribution in [0.25, 0.3) is 0 Å². The van der Waals surface area contributed by atoms with E-state index in [1.807, 2.05) is 6.92 Å². The van der Waals surface area contributed by atoms with Crippen molar-refractivity contribution in [2.45, 2.75) is 31.9 Å². The molecule has 0 aromatic carbocycles. The third kappa shape index (κ3) is 2.75. The van der Waals surface area contributed by atoms with Gasteiger partial charge in [-0.3, -0.25) is 0 Å². The maximum Gasteiger partial charge on any atom is 0.224 e. The van der Waals surface area contributed by atoms with Crippen LogP contribution >= 0.6 is 23.2 Å². The Labute approximate surface area is 104 Å². The molecule has 0 atom stereocenters. The summed E-state index contributed by atoms with van der Waals surface area (Å²) in [6, 6.07) is 0.361. The van der Waals surface area contributed by atoms with Crippen molar-refractivity contribution in [3.63, 3.8) is 0 Å². The summed E-state index contributed by atoms with van der Waals surface area (Å²) in [5.41, 5.74) is 0. The molecular formula is C10H13Cl2N3O. The van der Waals surface area contributed by atoms with E-state index in [-0.39, 0.29) is 5.28 Å². The molecule has 2 rings (SSSR count). The highest BCUT2D eigenvalue weighted by Crippen LogP contribution is 2.29. The molecule has 4 nitrogen and oxygen atoms in total. The lowest BCUT2D eigenvalue weighted by molar-refractivity contribution is 0.00292. The van der Waals surface area contributed by atoms with Gasteiger partial charge in [-0.2, -0.15) is 4.98 Å². The Morgan fingerprint density at radius 1 is 1.50 bits per heavy atom. The molecule has 0 aliphatic heterocycles. The average Bonchev–Trinajstić information content (AvgIpc) is 2.20. The first-order valence-corrected chi connectivity index (χ1v) is 6.00. The first-order valence-electron chi connectivity index (χ1n) is 5.25. The SMILES string of the molecule is CCOC1CC(Nc2nc(Cl)ncc2Cl)C1. The monoisotopic (exact) mass is 261 g/mol. The Morgan fingerprint density at radius 2 is 2.25 bits per heavy atom. The van der Waals surface area contributed by atoms with Crippen molar-refractivity contribution in [1.82, 2.24) is 9.97 Å². The molecule has 0 unspecified atom stereocenters. The van der Waals surface area contributed by atoms with E-state index in [1.165, 1.54) is 6.20 Å². The maximum atomic E-state index is 5.94. The fraction of sp³-hybridized carbons (Fsp3) is 0.600. The van der Waals surface area contributed by atoms with Crippen LogP contribution in [-0.2, 0) is 4.74 Å². The first kappa shape index (κ1) is 11.9. The van der Waals surface area contributed by atoms with Crippen molar-refractivity contribution >= 4 is 29.0 Å². The molecule has 0 bridgehead atoms. The molecule has 1 aromatic rings. The van der Waals surface area contributed by atoms with Crippen molar-refractivity contribution in [3.8, 4) is 0 Å². The third-order valence-corrected chi connectivity index (χ3v) is 3.01. The lowest BCUT2D eigenvalue weighted by Crippen LogP contribution is -2.41. The zero-order valence-electron chi connectivity index (χ0n) is 8.91. The van der Waals surface area contributed by atoms with Crippen LogP contribution in [0, 0.1) is 0 Å². The van der Waals surface area contributed by atoms with Gasteiger partial charge in [-0.05, 0) is 31.4 Å². The number of anilines is 1. The summed E-state index contributed by atoms with van der Waals surface area (Å²) in [6.45, 7) is 2.76. The van der Waals surface area contributed by atoms with Crippen molar-refractivity contribution in [1.29, 1.82) is 0 Å². The number of aromatic nitrogens is 2. The van der Waals surface area contributed by atoms with Crippen LogP contribution < -0.4 is 5.32 Å². The zero-order valence-corrected chi connectivity index (χ0v) is 10.4. The van der Waals surface area contributed by atoms with E-state index in [0.717, 1.165) is 19.4 Å². The smallest absolute Gasteiger partial charge is 0.224 e. The molecule has 6 heteroatoms. The number of hydrogen-bond donors (Lipinski definition) is 1. The lowest BCUT2D eigenvalue weighted by atomic mass is 9.89. The normalized spacial score (nSPS) is 23.9. The largest absolute Gasteiger partial charge is 0.378 e. The van der Waals surface area contributed by atoms with Crippen LogP contribution in [0.3, 0.4) is 0 Å². The first-order chi connectivity index (χ1) is 7.69. The molecule has 1 saturated carbocycles. The predicted octanol–water partition coefficient (Wildman–Crippen LogP) is 2.76. The standard InChI is InChI=1S/C10H13Cl2N3O/c1-2-16-7-3-6(4-7)14-9-8(11)5-13-10(12)15-9/h5-7H,2-4H2,1H3,(H,13,14,15). The second kappa shape index (κ2) is 5.17. The van der Waals surface area contributed by atoms with Gasteiger partial charge in [0.25, 0.3) is 0 Å².